The Morgan fingerprint density at radius 3 is 3.00 bits per heavy atom. The summed E-state index contributed by atoms with van der Waals surface area (Å²) in [7, 11) is 1.58. The summed E-state index contributed by atoms with van der Waals surface area (Å²) in [6.45, 7) is 0. The zero-order chi connectivity index (χ0) is 5.28. The Morgan fingerprint density at radius 1 is 2.14 bits per heavy atom. The van der Waals surface area contributed by atoms with E-state index in [2.05, 4.69) is 10.1 Å². The summed E-state index contributed by atoms with van der Waals surface area (Å²) in [5.74, 6) is 0. The molecule has 40 valence electrons. The quantitative estimate of drug-likeness (QED) is 0.472. The maximum Gasteiger partial charge on any atom is 0.342 e. The lowest BCUT2D eigenvalue weighted by Gasteiger charge is -1.74. The van der Waals surface area contributed by atoms with Gasteiger partial charge < -0.3 is 0 Å². The summed E-state index contributed by atoms with van der Waals surface area (Å²) in [4.78, 5) is 12.6. The minimum atomic E-state index is -0.181. The van der Waals surface area contributed by atoms with E-state index in [1.807, 2.05) is 0 Å². The molecule has 0 aliphatic heterocycles. The Bertz CT molecular complexity index is 202. The van der Waals surface area contributed by atoms with E-state index in [4.69, 9.17) is 0 Å². The molecule has 7 heavy (non-hydrogen) atoms. The normalized spacial score (nSPS) is 9.29. The third-order valence-corrected chi connectivity index (χ3v) is 0.713. The SMILES string of the molecule is Cn1nc[nH]c1=O.[HH]. The van der Waals surface area contributed by atoms with E-state index < -0.39 is 0 Å². The van der Waals surface area contributed by atoms with Crippen LogP contribution in [0.4, 0.5) is 0 Å². The van der Waals surface area contributed by atoms with E-state index >= 15 is 0 Å². The molecule has 0 fully saturated rings. The Kier molecular flexibility index (Phi) is 0.714. The van der Waals surface area contributed by atoms with Gasteiger partial charge in [-0.1, -0.05) is 0 Å². The first-order valence-corrected chi connectivity index (χ1v) is 1.87. The number of H-pyrrole nitrogens is 1. The van der Waals surface area contributed by atoms with E-state index in [0.717, 1.165) is 0 Å². The van der Waals surface area contributed by atoms with Gasteiger partial charge in [-0.25, -0.2) is 9.48 Å². The van der Waals surface area contributed by atoms with Crippen LogP contribution in [0.1, 0.15) is 1.43 Å². The van der Waals surface area contributed by atoms with Crippen LogP contribution in [0.2, 0.25) is 0 Å². The molecule has 0 aliphatic carbocycles. The van der Waals surface area contributed by atoms with Crippen molar-refractivity contribution >= 4 is 0 Å². The van der Waals surface area contributed by atoms with Crippen molar-refractivity contribution in [3.8, 4) is 0 Å². The highest BCUT2D eigenvalue weighted by Gasteiger charge is 1.82. The lowest BCUT2D eigenvalue weighted by molar-refractivity contribution is 0.734. The zero-order valence-corrected chi connectivity index (χ0v) is 3.88. The highest BCUT2D eigenvalue weighted by Crippen LogP contribution is 1.54. The molecule has 0 radical (unpaired) electrons. The molecule has 1 aromatic rings. The number of aryl methyl sites for hydroxylation is 1. The van der Waals surface area contributed by atoms with Crippen LogP contribution < -0.4 is 5.69 Å². The van der Waals surface area contributed by atoms with Gasteiger partial charge in [0, 0.05) is 8.47 Å². The number of nitrogens with one attached hydrogen (secondary N) is 1. The average molecular weight is 101 g/mol. The molecule has 0 spiro atoms. The predicted molar refractivity (Wildman–Crippen MR) is 25.9 cm³/mol. The first-order chi connectivity index (χ1) is 3.30. The Balaban J connectivity index is 0.000000490. The average Bonchev–Trinajstić information content (AvgIpc) is 1.91. The molecule has 1 aromatic heterocycles. The molecular formula is C3H7N3O. The molecule has 0 unspecified atom stereocenters. The minimum Gasteiger partial charge on any atom is -0.295 e. The molecule has 0 saturated heterocycles. The summed E-state index contributed by atoms with van der Waals surface area (Å²) in [6.07, 6.45) is 1.35. The van der Waals surface area contributed by atoms with E-state index in [0.29, 0.717) is 0 Å². The highest BCUT2D eigenvalue weighted by atomic mass is 16.1. The van der Waals surface area contributed by atoms with Gasteiger partial charge in [0.15, 0.2) is 0 Å². The van der Waals surface area contributed by atoms with Crippen LogP contribution in [0.25, 0.3) is 0 Å². The molecule has 0 amide bonds. The van der Waals surface area contributed by atoms with Crippen molar-refractivity contribution in [1.82, 2.24) is 14.8 Å². The molecule has 0 saturated carbocycles. The maximum atomic E-state index is 10.3. The van der Waals surface area contributed by atoms with Crippen LogP contribution in [0.3, 0.4) is 0 Å². The molecule has 4 heteroatoms. The molecule has 0 bridgehead atoms. The largest absolute Gasteiger partial charge is 0.342 e. The van der Waals surface area contributed by atoms with Gasteiger partial charge in [-0.05, 0) is 0 Å². The van der Waals surface area contributed by atoms with Gasteiger partial charge >= 0.3 is 5.69 Å². The van der Waals surface area contributed by atoms with Gasteiger partial charge in [-0.2, -0.15) is 5.10 Å². The molecule has 4 nitrogen and oxygen atoms in total. The van der Waals surface area contributed by atoms with Gasteiger partial charge in [0.05, 0.1) is 0 Å². The minimum absolute atomic E-state index is 0. The fourth-order valence-corrected chi connectivity index (χ4v) is 0.317. The second-order valence-corrected chi connectivity index (χ2v) is 1.22. The van der Waals surface area contributed by atoms with Crippen molar-refractivity contribution in [2.75, 3.05) is 0 Å². The lowest BCUT2D eigenvalue weighted by atomic mass is 11.2. The van der Waals surface area contributed by atoms with Crippen LogP contribution in [0.5, 0.6) is 0 Å². The van der Waals surface area contributed by atoms with Crippen molar-refractivity contribution in [3.63, 3.8) is 0 Å². The molecule has 0 aliphatic rings. The van der Waals surface area contributed by atoms with Gasteiger partial charge in [-0.15, -0.1) is 0 Å². The van der Waals surface area contributed by atoms with Gasteiger partial charge in [0.2, 0.25) is 0 Å². The summed E-state index contributed by atoms with van der Waals surface area (Å²) in [5, 5.41) is 3.56. The van der Waals surface area contributed by atoms with Crippen molar-refractivity contribution in [3.05, 3.63) is 16.8 Å². The number of rotatable bonds is 0. The van der Waals surface area contributed by atoms with Crippen LogP contribution in [-0.4, -0.2) is 14.8 Å². The van der Waals surface area contributed by atoms with Crippen LogP contribution >= 0.6 is 0 Å². The Labute approximate surface area is 41.3 Å². The predicted octanol–water partition coefficient (Wildman–Crippen LogP) is -0.646. The molecule has 0 atom stereocenters. The van der Waals surface area contributed by atoms with Crippen molar-refractivity contribution < 1.29 is 1.43 Å². The highest BCUT2D eigenvalue weighted by molar-refractivity contribution is 4.54. The summed E-state index contributed by atoms with van der Waals surface area (Å²) in [5.41, 5.74) is -0.181. The van der Waals surface area contributed by atoms with Crippen molar-refractivity contribution in [1.29, 1.82) is 0 Å². The number of aromatic amines is 1. The fourth-order valence-electron chi connectivity index (χ4n) is 0.317. The lowest BCUT2D eigenvalue weighted by Crippen LogP contribution is -2.12. The second-order valence-electron chi connectivity index (χ2n) is 1.22. The number of aromatic nitrogens is 3. The summed E-state index contributed by atoms with van der Waals surface area (Å²) in [6, 6.07) is 0. The number of hydrogen-bond donors (Lipinski definition) is 1. The second kappa shape index (κ2) is 1.22. The number of hydrogen-bond acceptors (Lipinski definition) is 2. The smallest absolute Gasteiger partial charge is 0.295 e. The molecule has 0 aromatic carbocycles. The van der Waals surface area contributed by atoms with Crippen LogP contribution in [-0.2, 0) is 7.05 Å². The third kappa shape index (κ3) is 0.534. The van der Waals surface area contributed by atoms with Gasteiger partial charge in [0.25, 0.3) is 0 Å². The molecule has 1 heterocycles. The molecular weight excluding hydrogens is 94.1 g/mol. The first-order valence-electron chi connectivity index (χ1n) is 1.87. The van der Waals surface area contributed by atoms with Crippen molar-refractivity contribution in [2.45, 2.75) is 0 Å². The van der Waals surface area contributed by atoms with Gasteiger partial charge in [-0.3, -0.25) is 4.98 Å². The Morgan fingerprint density at radius 2 is 2.86 bits per heavy atom. The third-order valence-electron chi connectivity index (χ3n) is 0.713. The monoisotopic (exact) mass is 101 g/mol. The van der Waals surface area contributed by atoms with Gasteiger partial charge in [0.1, 0.15) is 6.33 Å². The van der Waals surface area contributed by atoms with E-state index in [9.17, 15) is 4.79 Å². The molecule has 1 rings (SSSR count). The number of nitrogens with zero attached hydrogens (tertiary/aromatic N) is 2. The topological polar surface area (TPSA) is 50.7 Å². The van der Waals surface area contributed by atoms with E-state index in [1.54, 1.807) is 7.05 Å². The van der Waals surface area contributed by atoms with Crippen molar-refractivity contribution in [2.24, 2.45) is 7.05 Å². The van der Waals surface area contributed by atoms with Crippen LogP contribution in [0.15, 0.2) is 11.1 Å². The van der Waals surface area contributed by atoms with E-state index in [-0.39, 0.29) is 7.12 Å². The standard InChI is InChI=1S/C3H5N3O.H2/c1-6-3(7)4-2-5-6;/h2H,1H3,(H,4,5,7);1H. The fraction of sp³-hybridized carbons (Fsp3) is 0.333. The maximum absolute atomic E-state index is 10.3. The Hall–Kier alpha value is -1.06. The molecule has 1 N–H and O–H groups in total. The summed E-state index contributed by atoms with van der Waals surface area (Å²) < 4.78 is 1.22. The van der Waals surface area contributed by atoms with E-state index in [1.165, 1.54) is 11.0 Å². The zero-order valence-electron chi connectivity index (χ0n) is 3.88. The summed E-state index contributed by atoms with van der Waals surface area (Å²) >= 11 is 0. The first kappa shape index (κ1) is 4.11. The van der Waals surface area contributed by atoms with Crippen LogP contribution in [0, 0.1) is 0 Å².